The van der Waals surface area contributed by atoms with Crippen LogP contribution in [0.5, 0.6) is 0 Å². The van der Waals surface area contributed by atoms with Crippen LogP contribution in [0.1, 0.15) is 5.56 Å². The molecule has 1 aliphatic rings. The van der Waals surface area contributed by atoms with Crippen molar-refractivity contribution < 1.29 is 14.3 Å². The smallest absolute Gasteiger partial charge is 0.246 e. The van der Waals surface area contributed by atoms with Crippen molar-refractivity contribution in [1.29, 1.82) is 0 Å². The van der Waals surface area contributed by atoms with E-state index in [0.29, 0.717) is 18.7 Å². The number of benzene rings is 1. The maximum Gasteiger partial charge on any atom is 0.246 e. The fourth-order valence-corrected chi connectivity index (χ4v) is 1.36. The van der Waals surface area contributed by atoms with Crippen LogP contribution in [-0.4, -0.2) is 12.7 Å². The lowest BCUT2D eigenvalue weighted by Gasteiger charge is -2.10. The molecule has 1 aliphatic heterocycles. The summed E-state index contributed by atoms with van der Waals surface area (Å²) in [5.41, 5.74) is 1.13. The Kier molecular flexibility index (Phi) is 2.88. The van der Waals surface area contributed by atoms with Crippen molar-refractivity contribution in [3.8, 4) is 0 Å². The third-order valence-electron chi connectivity index (χ3n) is 2.03. The minimum atomic E-state index is -0.352. The highest BCUT2D eigenvalue weighted by Gasteiger charge is 2.19. The second kappa shape index (κ2) is 4.50. The highest BCUT2D eigenvalue weighted by Crippen LogP contribution is 2.15. The first-order valence-electron chi connectivity index (χ1n) is 4.65. The van der Waals surface area contributed by atoms with E-state index in [4.69, 9.17) is 9.47 Å². The van der Waals surface area contributed by atoms with Crippen LogP contribution >= 0.6 is 0 Å². The number of rotatable bonds is 4. The summed E-state index contributed by atoms with van der Waals surface area (Å²) in [7, 11) is 0. The first kappa shape index (κ1) is 9.58. The third-order valence-corrected chi connectivity index (χ3v) is 2.03. The van der Waals surface area contributed by atoms with Gasteiger partial charge >= 0.3 is 0 Å². The Hall–Kier alpha value is -1.97. The van der Waals surface area contributed by atoms with Gasteiger partial charge in [0, 0.05) is 6.42 Å². The average molecular weight is 205 g/mol. The number of carbonyl (C=O) groups is 1. The predicted octanol–water partition coefficient (Wildman–Crippen LogP) is 1.15. The summed E-state index contributed by atoms with van der Waals surface area (Å²) < 4.78 is 10.5. The van der Waals surface area contributed by atoms with E-state index in [1.165, 1.54) is 6.26 Å². The van der Waals surface area contributed by atoms with Gasteiger partial charge in [0.1, 0.15) is 6.26 Å². The standard InChI is InChI=1S/C11H11NO3/c13-8-12-10-7-14-11(15-10)6-9-4-2-1-3-5-9/h1-5,7-8,11H,6H2,(H,12,13). The third kappa shape index (κ3) is 2.49. The first-order valence-corrected chi connectivity index (χ1v) is 4.65. The molecule has 1 heterocycles. The molecule has 1 aromatic carbocycles. The fraction of sp³-hybridized carbons (Fsp3) is 0.182. The highest BCUT2D eigenvalue weighted by atomic mass is 16.7. The molecule has 15 heavy (non-hydrogen) atoms. The highest BCUT2D eigenvalue weighted by molar-refractivity contribution is 5.49. The molecule has 0 fully saturated rings. The number of carbonyl (C=O) groups excluding carboxylic acids is 1. The van der Waals surface area contributed by atoms with Gasteiger partial charge in [-0.15, -0.1) is 0 Å². The van der Waals surface area contributed by atoms with Crippen molar-refractivity contribution in [3.05, 3.63) is 48.0 Å². The van der Waals surface area contributed by atoms with Gasteiger partial charge in [-0.25, -0.2) is 0 Å². The second-order valence-corrected chi connectivity index (χ2v) is 3.12. The van der Waals surface area contributed by atoms with Crippen molar-refractivity contribution in [2.45, 2.75) is 12.7 Å². The predicted molar refractivity (Wildman–Crippen MR) is 53.4 cm³/mol. The van der Waals surface area contributed by atoms with Gasteiger partial charge in [-0.05, 0) is 5.56 Å². The number of amides is 1. The topological polar surface area (TPSA) is 47.6 Å². The molecule has 78 valence electrons. The van der Waals surface area contributed by atoms with Crippen molar-refractivity contribution >= 4 is 6.41 Å². The van der Waals surface area contributed by atoms with Crippen molar-refractivity contribution in [3.63, 3.8) is 0 Å². The van der Waals surface area contributed by atoms with Gasteiger partial charge in [0.05, 0.1) is 0 Å². The molecule has 1 amide bonds. The fourth-order valence-electron chi connectivity index (χ4n) is 1.36. The summed E-state index contributed by atoms with van der Waals surface area (Å²) in [6, 6.07) is 9.87. The molecule has 0 saturated heterocycles. The number of nitrogens with one attached hydrogen (secondary N) is 1. The molecule has 0 spiro atoms. The average Bonchev–Trinajstić information content (AvgIpc) is 2.68. The molecule has 0 radical (unpaired) electrons. The van der Waals surface area contributed by atoms with E-state index >= 15 is 0 Å². The lowest BCUT2D eigenvalue weighted by atomic mass is 10.1. The Balaban J connectivity index is 1.87. The maximum absolute atomic E-state index is 10.1. The van der Waals surface area contributed by atoms with Crippen LogP contribution in [0.3, 0.4) is 0 Å². The Bertz CT molecular complexity index is 361. The number of hydrogen-bond donors (Lipinski definition) is 1. The summed E-state index contributed by atoms with van der Waals surface area (Å²) in [4.78, 5) is 10.1. The van der Waals surface area contributed by atoms with E-state index < -0.39 is 0 Å². The van der Waals surface area contributed by atoms with Crippen LogP contribution in [0.2, 0.25) is 0 Å². The number of ether oxygens (including phenoxy) is 2. The van der Waals surface area contributed by atoms with E-state index in [1.54, 1.807) is 0 Å². The molecule has 1 N–H and O–H groups in total. The Morgan fingerprint density at radius 3 is 2.87 bits per heavy atom. The minimum absolute atomic E-state index is 0.352. The Morgan fingerprint density at radius 1 is 1.33 bits per heavy atom. The quantitative estimate of drug-likeness (QED) is 0.750. The summed E-state index contributed by atoms with van der Waals surface area (Å²) in [5, 5.41) is 2.39. The first-order chi connectivity index (χ1) is 7.38. The maximum atomic E-state index is 10.1. The zero-order chi connectivity index (χ0) is 10.5. The van der Waals surface area contributed by atoms with E-state index in [2.05, 4.69) is 5.32 Å². The molecule has 0 bridgehead atoms. The van der Waals surface area contributed by atoms with Gasteiger partial charge < -0.3 is 9.47 Å². The second-order valence-electron chi connectivity index (χ2n) is 3.12. The van der Waals surface area contributed by atoms with Crippen LogP contribution < -0.4 is 5.32 Å². The lowest BCUT2D eigenvalue weighted by Crippen LogP contribution is -2.17. The van der Waals surface area contributed by atoms with Crippen LogP contribution in [0, 0.1) is 0 Å². The van der Waals surface area contributed by atoms with E-state index in [0.717, 1.165) is 5.56 Å². The normalized spacial score (nSPS) is 18.7. The minimum Gasteiger partial charge on any atom is -0.457 e. The molecule has 2 rings (SSSR count). The molecule has 4 heteroatoms. The molecule has 1 atom stereocenters. The number of hydrogen-bond acceptors (Lipinski definition) is 3. The zero-order valence-corrected chi connectivity index (χ0v) is 8.05. The van der Waals surface area contributed by atoms with E-state index in [-0.39, 0.29) is 6.29 Å². The van der Waals surface area contributed by atoms with Crippen LogP contribution in [0.4, 0.5) is 0 Å². The van der Waals surface area contributed by atoms with Crippen molar-refractivity contribution in [2.75, 3.05) is 0 Å². The molecule has 4 nitrogen and oxygen atoms in total. The van der Waals surface area contributed by atoms with E-state index in [9.17, 15) is 4.79 Å². The lowest BCUT2D eigenvalue weighted by molar-refractivity contribution is -0.110. The molecule has 1 unspecified atom stereocenters. The molecule has 0 aliphatic carbocycles. The SMILES string of the molecule is O=CNC1=COC(Cc2ccccc2)O1. The van der Waals surface area contributed by atoms with Gasteiger partial charge in [-0.2, -0.15) is 0 Å². The molecular weight excluding hydrogens is 194 g/mol. The summed E-state index contributed by atoms with van der Waals surface area (Å²) >= 11 is 0. The van der Waals surface area contributed by atoms with Gasteiger partial charge in [0.15, 0.2) is 0 Å². The monoisotopic (exact) mass is 205 g/mol. The van der Waals surface area contributed by atoms with Crippen molar-refractivity contribution in [1.82, 2.24) is 5.32 Å². The van der Waals surface area contributed by atoms with E-state index in [1.807, 2.05) is 30.3 Å². The van der Waals surface area contributed by atoms with Crippen LogP contribution in [-0.2, 0) is 20.7 Å². The molecule has 0 aromatic heterocycles. The van der Waals surface area contributed by atoms with Crippen LogP contribution in [0.15, 0.2) is 42.5 Å². The van der Waals surface area contributed by atoms with Gasteiger partial charge in [-0.1, -0.05) is 30.3 Å². The van der Waals surface area contributed by atoms with Gasteiger partial charge in [0.25, 0.3) is 0 Å². The molecule has 1 aromatic rings. The molecular formula is C11H11NO3. The Morgan fingerprint density at radius 2 is 2.13 bits per heavy atom. The molecule has 0 saturated carbocycles. The van der Waals surface area contributed by atoms with Gasteiger partial charge in [-0.3, -0.25) is 10.1 Å². The summed E-state index contributed by atoms with van der Waals surface area (Å²) in [5.74, 6) is 0.353. The van der Waals surface area contributed by atoms with Crippen LogP contribution in [0.25, 0.3) is 0 Å². The largest absolute Gasteiger partial charge is 0.457 e. The zero-order valence-electron chi connectivity index (χ0n) is 8.05. The van der Waals surface area contributed by atoms with Gasteiger partial charge in [0.2, 0.25) is 18.6 Å². The summed E-state index contributed by atoms with van der Waals surface area (Å²) in [6.07, 6.45) is 2.26. The summed E-state index contributed by atoms with van der Waals surface area (Å²) in [6.45, 7) is 0. The Labute approximate surface area is 87.5 Å². The van der Waals surface area contributed by atoms with Crippen molar-refractivity contribution in [2.24, 2.45) is 0 Å².